The first-order chi connectivity index (χ1) is 16.6. The monoisotopic (exact) mass is 517 g/mol. The molecule has 0 aliphatic carbocycles. The molecule has 0 saturated heterocycles. The third kappa shape index (κ3) is 13.8. The molecule has 0 heterocycles. The highest BCUT2D eigenvalue weighted by molar-refractivity contribution is 5.94. The Morgan fingerprint density at radius 1 is 0.667 bits per heavy atom. The van der Waals surface area contributed by atoms with Crippen LogP contribution in [0.1, 0.15) is 58.8 Å². The van der Waals surface area contributed by atoms with Crippen molar-refractivity contribution in [1.82, 2.24) is 16.0 Å². The maximum absolute atomic E-state index is 12.9. The molecule has 0 aromatic carbocycles. The van der Waals surface area contributed by atoms with Gasteiger partial charge in [-0.2, -0.15) is 0 Å². The number of amides is 4. The lowest BCUT2D eigenvalue weighted by Gasteiger charge is -2.26. The van der Waals surface area contributed by atoms with Gasteiger partial charge in [0.05, 0.1) is 6.04 Å². The molecule has 4 atom stereocenters. The number of hydrogen-bond donors (Lipinski definition) is 8. The average molecular weight is 518 g/mol. The maximum atomic E-state index is 12.9. The molecule has 36 heavy (non-hydrogen) atoms. The van der Waals surface area contributed by atoms with Gasteiger partial charge in [0.1, 0.15) is 18.1 Å². The highest BCUT2D eigenvalue weighted by atomic mass is 16.4. The van der Waals surface area contributed by atoms with Crippen LogP contribution in [0.15, 0.2) is 0 Å². The van der Waals surface area contributed by atoms with Crippen LogP contribution in [0.3, 0.4) is 0 Å². The molecule has 0 aliphatic heterocycles. The van der Waals surface area contributed by atoms with Crippen LogP contribution in [0, 0.1) is 5.92 Å². The third-order valence-electron chi connectivity index (χ3n) is 4.92. The van der Waals surface area contributed by atoms with Crippen molar-refractivity contribution in [2.45, 2.75) is 83.0 Å². The number of aliphatic carboxylic acids is 3. The summed E-state index contributed by atoms with van der Waals surface area (Å²) in [4.78, 5) is 82.1. The zero-order chi connectivity index (χ0) is 28.0. The normalized spacial score (nSPS) is 14.1. The first-order valence-corrected chi connectivity index (χ1v) is 11.2. The van der Waals surface area contributed by atoms with E-state index in [1.165, 1.54) is 0 Å². The highest BCUT2D eigenvalue weighted by Crippen LogP contribution is 2.09. The lowest BCUT2D eigenvalue weighted by atomic mass is 10.0. The Morgan fingerprint density at radius 3 is 1.56 bits per heavy atom. The van der Waals surface area contributed by atoms with Crippen molar-refractivity contribution in [2.24, 2.45) is 17.4 Å². The van der Waals surface area contributed by atoms with E-state index < -0.39 is 91.4 Å². The van der Waals surface area contributed by atoms with Crippen LogP contribution in [0.5, 0.6) is 0 Å². The quantitative estimate of drug-likeness (QED) is 0.0974. The molecule has 0 saturated carbocycles. The number of carbonyl (C=O) groups is 7. The smallest absolute Gasteiger partial charge is 0.326 e. The molecular formula is C21H35N5O10. The second kappa shape index (κ2) is 16.0. The molecule has 0 aromatic rings. The van der Waals surface area contributed by atoms with Gasteiger partial charge in [-0.05, 0) is 31.6 Å². The minimum atomic E-state index is -1.59. The lowest BCUT2D eigenvalue weighted by molar-refractivity contribution is -0.144. The van der Waals surface area contributed by atoms with E-state index in [0.29, 0.717) is 0 Å². The first-order valence-electron chi connectivity index (χ1n) is 11.2. The molecule has 0 aromatic heterocycles. The van der Waals surface area contributed by atoms with E-state index in [9.17, 15) is 38.7 Å². The molecular weight excluding hydrogens is 482 g/mol. The Kier molecular flexibility index (Phi) is 14.4. The zero-order valence-electron chi connectivity index (χ0n) is 20.2. The van der Waals surface area contributed by atoms with Gasteiger partial charge in [0.2, 0.25) is 23.6 Å². The van der Waals surface area contributed by atoms with Gasteiger partial charge in [0, 0.05) is 19.3 Å². The number of hydrogen-bond acceptors (Lipinski definition) is 8. The molecule has 204 valence electrons. The van der Waals surface area contributed by atoms with E-state index in [-0.39, 0.29) is 25.2 Å². The molecule has 10 N–H and O–H groups in total. The van der Waals surface area contributed by atoms with E-state index in [0.717, 1.165) is 0 Å². The third-order valence-corrected chi connectivity index (χ3v) is 4.92. The number of primary amides is 1. The molecule has 15 heteroatoms. The van der Waals surface area contributed by atoms with Crippen LogP contribution in [0.4, 0.5) is 0 Å². The lowest BCUT2D eigenvalue weighted by Crippen LogP contribution is -2.57. The summed E-state index contributed by atoms with van der Waals surface area (Å²) in [6.07, 6.45) is -2.05. The van der Waals surface area contributed by atoms with Crippen LogP contribution < -0.4 is 27.4 Å². The van der Waals surface area contributed by atoms with Gasteiger partial charge < -0.3 is 42.7 Å². The van der Waals surface area contributed by atoms with E-state index in [1.807, 2.05) is 0 Å². The summed E-state index contributed by atoms with van der Waals surface area (Å²) in [6, 6.07) is -5.40. The summed E-state index contributed by atoms with van der Waals surface area (Å²) in [5.41, 5.74) is 10.8. The van der Waals surface area contributed by atoms with Crippen molar-refractivity contribution in [2.75, 3.05) is 0 Å². The fourth-order valence-electron chi connectivity index (χ4n) is 3.02. The van der Waals surface area contributed by atoms with E-state index in [1.54, 1.807) is 13.8 Å². The number of carboxylic acid groups (broad SMARTS) is 3. The van der Waals surface area contributed by atoms with Gasteiger partial charge in [-0.25, -0.2) is 4.79 Å². The van der Waals surface area contributed by atoms with Gasteiger partial charge in [-0.15, -0.1) is 0 Å². The van der Waals surface area contributed by atoms with E-state index in [2.05, 4.69) is 16.0 Å². The van der Waals surface area contributed by atoms with Crippen LogP contribution in [0.2, 0.25) is 0 Å². The molecule has 0 aliphatic rings. The molecule has 4 unspecified atom stereocenters. The maximum Gasteiger partial charge on any atom is 0.326 e. The van der Waals surface area contributed by atoms with Gasteiger partial charge in [0.25, 0.3) is 0 Å². The molecule has 0 bridgehead atoms. The predicted octanol–water partition coefficient (Wildman–Crippen LogP) is -2.11. The van der Waals surface area contributed by atoms with Gasteiger partial charge >= 0.3 is 17.9 Å². The zero-order valence-corrected chi connectivity index (χ0v) is 20.2. The second-order valence-electron chi connectivity index (χ2n) is 8.63. The summed E-state index contributed by atoms with van der Waals surface area (Å²) in [5.74, 6) is -7.47. The van der Waals surface area contributed by atoms with Gasteiger partial charge in [0.15, 0.2) is 0 Å². The average Bonchev–Trinajstić information content (AvgIpc) is 2.75. The van der Waals surface area contributed by atoms with Gasteiger partial charge in [-0.3, -0.25) is 28.8 Å². The van der Waals surface area contributed by atoms with Crippen molar-refractivity contribution in [3.8, 4) is 0 Å². The summed E-state index contributed by atoms with van der Waals surface area (Å²) < 4.78 is 0. The topological polar surface area (TPSA) is 268 Å². The Balaban J connectivity index is 5.57. The molecule has 0 radical (unpaired) electrons. The summed E-state index contributed by atoms with van der Waals surface area (Å²) >= 11 is 0. The largest absolute Gasteiger partial charge is 0.481 e. The van der Waals surface area contributed by atoms with E-state index >= 15 is 0 Å². The SMILES string of the molecule is CC(C)CC(NC(=O)C(N)CCC(N)=O)C(=O)NC(CCC(=O)O)C(=O)NC(CCC(=O)O)C(=O)O. The fraction of sp³-hybridized carbons (Fsp3) is 0.667. The summed E-state index contributed by atoms with van der Waals surface area (Å²) in [5, 5.41) is 33.9. The molecule has 4 amide bonds. The van der Waals surface area contributed by atoms with E-state index in [4.69, 9.17) is 21.7 Å². The van der Waals surface area contributed by atoms with Crippen LogP contribution in [-0.4, -0.2) is 81.0 Å². The number of nitrogens with two attached hydrogens (primary N) is 2. The number of carboxylic acids is 3. The molecule has 0 spiro atoms. The molecule has 0 fully saturated rings. The van der Waals surface area contributed by atoms with Crippen molar-refractivity contribution >= 4 is 41.5 Å². The summed E-state index contributed by atoms with van der Waals surface area (Å²) in [6.45, 7) is 3.52. The Labute approximate surface area is 207 Å². The standard InChI is InChI=1S/C21H35N5O10/c1-10(2)9-14(26-18(32)11(22)3-6-15(23)27)20(34)24-12(4-7-16(28)29)19(33)25-13(21(35)36)5-8-17(30)31/h10-14H,3-9,22H2,1-2H3,(H2,23,27)(H,24,34)(H,25,33)(H,26,32)(H,28,29)(H,30,31)(H,35,36). The fourth-order valence-corrected chi connectivity index (χ4v) is 3.02. The number of carbonyl (C=O) groups excluding carboxylic acids is 4. The first kappa shape index (κ1) is 32.2. The minimum Gasteiger partial charge on any atom is -0.481 e. The number of nitrogens with one attached hydrogen (secondary N) is 3. The molecule has 15 nitrogen and oxygen atoms in total. The van der Waals surface area contributed by atoms with Crippen molar-refractivity contribution < 1.29 is 48.9 Å². The van der Waals surface area contributed by atoms with Crippen molar-refractivity contribution in [1.29, 1.82) is 0 Å². The predicted molar refractivity (Wildman–Crippen MR) is 123 cm³/mol. The van der Waals surface area contributed by atoms with Crippen LogP contribution in [0.25, 0.3) is 0 Å². The minimum absolute atomic E-state index is 0.0618. The summed E-state index contributed by atoms with van der Waals surface area (Å²) in [7, 11) is 0. The Morgan fingerprint density at radius 2 is 1.11 bits per heavy atom. The second-order valence-corrected chi connectivity index (χ2v) is 8.63. The Bertz CT molecular complexity index is 832. The highest BCUT2D eigenvalue weighted by Gasteiger charge is 2.31. The van der Waals surface area contributed by atoms with Gasteiger partial charge in [-0.1, -0.05) is 13.8 Å². The Hall–Kier alpha value is -3.75. The van der Waals surface area contributed by atoms with Crippen molar-refractivity contribution in [3.63, 3.8) is 0 Å². The van der Waals surface area contributed by atoms with Crippen LogP contribution in [-0.2, 0) is 33.6 Å². The number of rotatable bonds is 18. The molecule has 0 rings (SSSR count). The van der Waals surface area contributed by atoms with Crippen LogP contribution >= 0.6 is 0 Å². The van der Waals surface area contributed by atoms with Crippen molar-refractivity contribution in [3.05, 3.63) is 0 Å².